The predicted octanol–water partition coefficient (Wildman–Crippen LogP) is 3.77. The molecule has 4 rings (SSSR count). The van der Waals surface area contributed by atoms with Crippen molar-refractivity contribution in [1.29, 1.82) is 0 Å². The molecule has 1 N–H and O–H groups in total. The molecule has 0 fully saturated rings. The highest BCUT2D eigenvalue weighted by Gasteiger charge is 2.28. The number of sulfonamides is 1. The van der Waals surface area contributed by atoms with Crippen molar-refractivity contribution in [3.8, 4) is 0 Å². The second kappa shape index (κ2) is 8.44. The van der Waals surface area contributed by atoms with Crippen LogP contribution in [0.1, 0.15) is 48.1 Å². The van der Waals surface area contributed by atoms with E-state index >= 15 is 0 Å². The van der Waals surface area contributed by atoms with Crippen LogP contribution in [0.3, 0.4) is 0 Å². The van der Waals surface area contributed by atoms with Crippen molar-refractivity contribution in [2.75, 3.05) is 11.9 Å². The molecule has 7 nitrogen and oxygen atoms in total. The summed E-state index contributed by atoms with van der Waals surface area (Å²) in [6.45, 7) is 6.76. The number of hydrogen-bond acceptors (Lipinski definition) is 5. The van der Waals surface area contributed by atoms with Gasteiger partial charge in [-0.1, -0.05) is 51.1 Å². The zero-order chi connectivity index (χ0) is 22.9. The normalized spacial score (nSPS) is 14.6. The molecule has 0 spiro atoms. The van der Waals surface area contributed by atoms with Crippen LogP contribution < -0.4 is 5.32 Å². The molecule has 0 unspecified atom stereocenters. The lowest BCUT2D eigenvalue weighted by Gasteiger charge is -2.28. The van der Waals surface area contributed by atoms with Crippen molar-refractivity contribution in [2.24, 2.45) is 0 Å². The second-order valence-electron chi connectivity index (χ2n) is 8.88. The molecule has 3 aromatic rings. The fraction of sp³-hybridized carbons (Fsp3) is 0.292. The van der Waals surface area contributed by atoms with Gasteiger partial charge < -0.3 is 5.32 Å². The van der Waals surface area contributed by atoms with Crippen molar-refractivity contribution in [3.63, 3.8) is 0 Å². The minimum Gasteiger partial charge on any atom is -0.319 e. The molecular weight excluding hydrogens is 424 g/mol. The summed E-state index contributed by atoms with van der Waals surface area (Å²) in [5.74, 6) is 0.254. The Kier molecular flexibility index (Phi) is 5.83. The molecule has 0 saturated carbocycles. The number of rotatable bonds is 4. The third-order valence-electron chi connectivity index (χ3n) is 5.41. The van der Waals surface area contributed by atoms with E-state index in [1.807, 2.05) is 45.0 Å². The molecule has 1 amide bonds. The fourth-order valence-corrected chi connectivity index (χ4v) is 5.07. The van der Waals surface area contributed by atoms with E-state index in [-0.39, 0.29) is 15.9 Å². The van der Waals surface area contributed by atoms with E-state index in [1.165, 1.54) is 22.0 Å². The monoisotopic (exact) mass is 450 g/mol. The zero-order valence-electron chi connectivity index (χ0n) is 18.4. The zero-order valence-corrected chi connectivity index (χ0v) is 19.2. The Hall–Kier alpha value is -3.10. The maximum Gasteiger partial charge on any atom is 0.255 e. The molecular formula is C24H26N4O3S. The van der Waals surface area contributed by atoms with Crippen LogP contribution in [0.2, 0.25) is 0 Å². The van der Waals surface area contributed by atoms with Gasteiger partial charge >= 0.3 is 0 Å². The summed E-state index contributed by atoms with van der Waals surface area (Å²) >= 11 is 0. The predicted molar refractivity (Wildman–Crippen MR) is 123 cm³/mol. The molecule has 0 atom stereocenters. The highest BCUT2D eigenvalue weighted by atomic mass is 32.2. The Morgan fingerprint density at radius 2 is 1.69 bits per heavy atom. The molecule has 1 aliphatic rings. The summed E-state index contributed by atoms with van der Waals surface area (Å²) in [6, 6.07) is 14.0. The van der Waals surface area contributed by atoms with E-state index in [1.54, 1.807) is 24.5 Å². The minimum atomic E-state index is -3.73. The number of carbonyl (C=O) groups is 1. The first-order valence-corrected chi connectivity index (χ1v) is 11.9. The molecule has 0 saturated heterocycles. The molecule has 2 aromatic carbocycles. The van der Waals surface area contributed by atoms with Gasteiger partial charge in [-0.3, -0.25) is 4.79 Å². The van der Waals surface area contributed by atoms with E-state index in [0.717, 1.165) is 5.56 Å². The number of hydrogen-bond donors (Lipinski definition) is 1. The summed E-state index contributed by atoms with van der Waals surface area (Å²) < 4.78 is 27.9. The van der Waals surface area contributed by atoms with Gasteiger partial charge in [-0.25, -0.2) is 18.4 Å². The van der Waals surface area contributed by atoms with Gasteiger partial charge in [0.25, 0.3) is 5.91 Å². The van der Waals surface area contributed by atoms with Crippen LogP contribution in [0.15, 0.2) is 65.8 Å². The van der Waals surface area contributed by atoms with Gasteiger partial charge in [0.05, 0.1) is 23.0 Å². The quantitative estimate of drug-likeness (QED) is 0.653. The SMILES string of the molecule is CC(C)(C)c1ncc(NC(=O)c2cccc(S(=O)(=O)N3CCc4ccccc4C3)c2)cn1. The molecule has 0 aliphatic carbocycles. The molecule has 2 heterocycles. The van der Waals surface area contributed by atoms with Gasteiger partial charge in [-0.2, -0.15) is 4.31 Å². The average Bonchev–Trinajstić information content (AvgIpc) is 2.78. The lowest BCUT2D eigenvalue weighted by Crippen LogP contribution is -2.36. The van der Waals surface area contributed by atoms with Gasteiger partial charge in [0.1, 0.15) is 5.82 Å². The Balaban J connectivity index is 1.52. The lowest BCUT2D eigenvalue weighted by molar-refractivity contribution is 0.102. The highest BCUT2D eigenvalue weighted by Crippen LogP contribution is 2.25. The standard InChI is InChI=1S/C24H26N4O3S/c1-24(2,3)23-25-14-20(15-26-23)27-22(29)18-9-6-10-21(13-18)32(30,31)28-12-11-17-7-4-5-8-19(17)16-28/h4-10,13-15H,11-12,16H2,1-3H3,(H,27,29). The number of amides is 1. The van der Waals surface area contributed by atoms with Crippen LogP contribution >= 0.6 is 0 Å². The highest BCUT2D eigenvalue weighted by molar-refractivity contribution is 7.89. The Morgan fingerprint density at radius 3 is 2.38 bits per heavy atom. The summed E-state index contributed by atoms with van der Waals surface area (Å²) in [6.07, 6.45) is 3.77. The maximum absolute atomic E-state index is 13.2. The van der Waals surface area contributed by atoms with Gasteiger partial charge in [0, 0.05) is 24.1 Å². The average molecular weight is 451 g/mol. The number of fused-ring (bicyclic) bond motifs is 1. The number of nitrogens with zero attached hydrogens (tertiary/aromatic N) is 3. The number of aromatic nitrogens is 2. The first-order valence-electron chi connectivity index (χ1n) is 10.5. The van der Waals surface area contributed by atoms with E-state index in [9.17, 15) is 13.2 Å². The summed E-state index contributed by atoms with van der Waals surface area (Å²) in [7, 11) is -3.73. The summed E-state index contributed by atoms with van der Waals surface area (Å²) in [5, 5.41) is 2.74. The number of benzene rings is 2. The van der Waals surface area contributed by atoms with Crippen LogP contribution in [0.4, 0.5) is 5.69 Å². The van der Waals surface area contributed by atoms with Crippen molar-refractivity contribution in [1.82, 2.24) is 14.3 Å². The topological polar surface area (TPSA) is 92.3 Å². The van der Waals surface area contributed by atoms with Gasteiger partial charge in [0.2, 0.25) is 10.0 Å². The molecule has 166 valence electrons. The van der Waals surface area contributed by atoms with Crippen molar-refractivity contribution < 1.29 is 13.2 Å². The first kappa shape index (κ1) is 22.1. The second-order valence-corrected chi connectivity index (χ2v) is 10.8. The van der Waals surface area contributed by atoms with Crippen molar-refractivity contribution in [2.45, 2.75) is 44.0 Å². The van der Waals surface area contributed by atoms with Crippen LogP contribution in [0.25, 0.3) is 0 Å². The molecule has 8 heteroatoms. The third kappa shape index (κ3) is 4.56. The molecule has 0 radical (unpaired) electrons. The number of nitrogens with one attached hydrogen (secondary N) is 1. The van der Waals surface area contributed by atoms with Crippen LogP contribution in [-0.2, 0) is 28.4 Å². The van der Waals surface area contributed by atoms with E-state index in [2.05, 4.69) is 15.3 Å². The van der Waals surface area contributed by atoms with Crippen LogP contribution in [0.5, 0.6) is 0 Å². The van der Waals surface area contributed by atoms with E-state index in [0.29, 0.717) is 31.0 Å². The molecule has 1 aromatic heterocycles. The third-order valence-corrected chi connectivity index (χ3v) is 7.25. The van der Waals surface area contributed by atoms with E-state index < -0.39 is 15.9 Å². The number of anilines is 1. The number of carbonyl (C=O) groups excluding carboxylic acids is 1. The van der Waals surface area contributed by atoms with Gasteiger partial charge in [-0.05, 0) is 35.7 Å². The largest absolute Gasteiger partial charge is 0.319 e. The maximum atomic E-state index is 13.2. The lowest BCUT2D eigenvalue weighted by atomic mass is 9.96. The minimum absolute atomic E-state index is 0.101. The molecule has 0 bridgehead atoms. The van der Waals surface area contributed by atoms with Gasteiger partial charge in [0.15, 0.2) is 0 Å². The Labute approximate surface area is 188 Å². The molecule has 32 heavy (non-hydrogen) atoms. The van der Waals surface area contributed by atoms with Crippen LogP contribution in [0, 0.1) is 0 Å². The Bertz CT molecular complexity index is 1250. The summed E-state index contributed by atoms with van der Waals surface area (Å²) in [5.41, 5.74) is 2.69. The van der Waals surface area contributed by atoms with Crippen molar-refractivity contribution >= 4 is 21.6 Å². The fourth-order valence-electron chi connectivity index (χ4n) is 3.61. The smallest absolute Gasteiger partial charge is 0.255 e. The Morgan fingerprint density at radius 1 is 1.00 bits per heavy atom. The van der Waals surface area contributed by atoms with Crippen LogP contribution in [-0.4, -0.2) is 35.1 Å². The van der Waals surface area contributed by atoms with E-state index in [4.69, 9.17) is 0 Å². The van der Waals surface area contributed by atoms with Crippen molar-refractivity contribution in [3.05, 3.63) is 83.4 Å². The molecule has 1 aliphatic heterocycles. The first-order chi connectivity index (χ1) is 15.1. The summed E-state index contributed by atoms with van der Waals surface area (Å²) in [4.78, 5) is 21.5. The van der Waals surface area contributed by atoms with Gasteiger partial charge in [-0.15, -0.1) is 0 Å².